The minimum absolute atomic E-state index is 0.0813. The molecule has 0 bridgehead atoms. The molecule has 0 unspecified atom stereocenters. The SMILES string of the molecule is CC(C)n1cnnc1-c1cccc(N2Cc3ccc(N4CCC(C(=O)O)CC4)cc3C2=O)n1. The summed E-state index contributed by atoms with van der Waals surface area (Å²) in [7, 11) is 0. The van der Waals surface area contributed by atoms with E-state index in [4.69, 9.17) is 4.98 Å². The number of fused-ring (bicyclic) bond motifs is 1. The van der Waals surface area contributed by atoms with Crippen LogP contribution in [-0.4, -0.2) is 49.8 Å². The van der Waals surface area contributed by atoms with Gasteiger partial charge in [0.15, 0.2) is 5.82 Å². The van der Waals surface area contributed by atoms with Gasteiger partial charge < -0.3 is 14.6 Å². The van der Waals surface area contributed by atoms with Crippen molar-refractivity contribution in [2.24, 2.45) is 5.92 Å². The molecule has 0 atom stereocenters. The standard InChI is InChI=1S/C24H26N6O3/c1-15(2)30-14-25-27-22(30)20-4-3-5-21(26-20)29-13-17-6-7-18(12-19(17)23(29)31)28-10-8-16(9-11-28)24(32)33/h3-7,12,14-16H,8-11,13H2,1-2H3,(H,32,33). The summed E-state index contributed by atoms with van der Waals surface area (Å²) in [6.07, 6.45) is 2.92. The Bertz CT molecular complexity index is 1210. The van der Waals surface area contributed by atoms with E-state index in [0.29, 0.717) is 55.4 Å². The lowest BCUT2D eigenvalue weighted by molar-refractivity contribution is -0.142. The summed E-state index contributed by atoms with van der Waals surface area (Å²) in [5.41, 5.74) is 3.26. The van der Waals surface area contributed by atoms with Crippen molar-refractivity contribution >= 4 is 23.4 Å². The molecule has 2 aliphatic heterocycles. The summed E-state index contributed by atoms with van der Waals surface area (Å²) in [5, 5.41) is 17.5. The number of carbonyl (C=O) groups is 2. The number of piperidine rings is 1. The van der Waals surface area contributed by atoms with Gasteiger partial charge in [-0.3, -0.25) is 14.5 Å². The lowest BCUT2D eigenvalue weighted by Crippen LogP contribution is -2.36. The molecule has 0 spiro atoms. The molecule has 3 aromatic rings. The van der Waals surface area contributed by atoms with Gasteiger partial charge in [-0.05, 0) is 56.5 Å². The van der Waals surface area contributed by atoms with E-state index in [1.165, 1.54) is 0 Å². The van der Waals surface area contributed by atoms with Crippen LogP contribution >= 0.6 is 0 Å². The molecule has 9 heteroatoms. The Hall–Kier alpha value is -3.75. The Balaban J connectivity index is 1.38. The normalized spacial score (nSPS) is 16.5. The number of benzene rings is 1. The van der Waals surface area contributed by atoms with Crippen molar-refractivity contribution in [2.45, 2.75) is 39.3 Å². The van der Waals surface area contributed by atoms with Crippen LogP contribution in [0, 0.1) is 5.92 Å². The Morgan fingerprint density at radius 2 is 1.94 bits per heavy atom. The second-order valence-corrected chi connectivity index (χ2v) is 8.87. The van der Waals surface area contributed by atoms with E-state index in [0.717, 1.165) is 11.3 Å². The van der Waals surface area contributed by atoms with Crippen molar-refractivity contribution < 1.29 is 14.7 Å². The number of pyridine rings is 1. The van der Waals surface area contributed by atoms with Crippen LogP contribution in [0.15, 0.2) is 42.7 Å². The van der Waals surface area contributed by atoms with Gasteiger partial charge in [0, 0.05) is 30.4 Å². The number of anilines is 2. The highest BCUT2D eigenvalue weighted by molar-refractivity contribution is 6.10. The van der Waals surface area contributed by atoms with Gasteiger partial charge in [0.05, 0.1) is 12.5 Å². The molecule has 4 heterocycles. The van der Waals surface area contributed by atoms with Crippen molar-refractivity contribution in [1.82, 2.24) is 19.7 Å². The zero-order valence-corrected chi connectivity index (χ0v) is 18.7. The first kappa shape index (κ1) is 21.1. The molecule has 1 saturated heterocycles. The molecule has 9 nitrogen and oxygen atoms in total. The van der Waals surface area contributed by atoms with Gasteiger partial charge in [-0.1, -0.05) is 12.1 Å². The number of hydrogen-bond acceptors (Lipinski definition) is 6. The van der Waals surface area contributed by atoms with E-state index >= 15 is 0 Å². The van der Waals surface area contributed by atoms with Gasteiger partial charge in [0.2, 0.25) is 0 Å². The fourth-order valence-corrected chi connectivity index (χ4v) is 4.56. The number of carboxylic acids is 1. The molecule has 0 aliphatic carbocycles. The van der Waals surface area contributed by atoms with E-state index in [1.54, 1.807) is 11.2 Å². The maximum absolute atomic E-state index is 13.3. The molecule has 2 aliphatic rings. The number of hydrogen-bond donors (Lipinski definition) is 1. The number of carbonyl (C=O) groups excluding carboxylic acids is 1. The van der Waals surface area contributed by atoms with Crippen molar-refractivity contribution in [1.29, 1.82) is 0 Å². The molecule has 1 N–H and O–H groups in total. The van der Waals surface area contributed by atoms with E-state index in [2.05, 4.69) is 28.9 Å². The Kier molecular flexibility index (Phi) is 5.32. The Morgan fingerprint density at radius 3 is 2.67 bits per heavy atom. The van der Waals surface area contributed by atoms with Gasteiger partial charge >= 0.3 is 5.97 Å². The molecule has 0 radical (unpaired) electrons. The van der Waals surface area contributed by atoms with Crippen LogP contribution in [0.2, 0.25) is 0 Å². The van der Waals surface area contributed by atoms with Crippen LogP contribution in [0.3, 0.4) is 0 Å². The molecule has 2 aromatic heterocycles. The van der Waals surface area contributed by atoms with Crippen LogP contribution in [-0.2, 0) is 11.3 Å². The van der Waals surface area contributed by atoms with Gasteiger partial charge in [-0.2, -0.15) is 0 Å². The van der Waals surface area contributed by atoms with E-state index < -0.39 is 5.97 Å². The average molecular weight is 447 g/mol. The first-order chi connectivity index (χ1) is 15.9. The molecular weight excluding hydrogens is 420 g/mol. The van der Waals surface area contributed by atoms with Gasteiger partial charge in [-0.15, -0.1) is 10.2 Å². The molecule has 5 rings (SSSR count). The lowest BCUT2D eigenvalue weighted by atomic mass is 9.96. The molecule has 1 amide bonds. The van der Waals surface area contributed by atoms with Crippen molar-refractivity contribution in [3.8, 4) is 11.5 Å². The summed E-state index contributed by atoms with van der Waals surface area (Å²) in [5.74, 6) is 0.157. The average Bonchev–Trinajstić information content (AvgIpc) is 3.44. The minimum atomic E-state index is -0.726. The summed E-state index contributed by atoms with van der Waals surface area (Å²) in [6.45, 7) is 5.92. The zero-order chi connectivity index (χ0) is 23.1. The maximum Gasteiger partial charge on any atom is 0.306 e. The fourth-order valence-electron chi connectivity index (χ4n) is 4.56. The van der Waals surface area contributed by atoms with Crippen LogP contribution in [0.1, 0.15) is 48.7 Å². The van der Waals surface area contributed by atoms with E-state index in [9.17, 15) is 14.7 Å². The highest BCUT2D eigenvalue weighted by Crippen LogP contribution is 2.32. The highest BCUT2D eigenvalue weighted by Gasteiger charge is 2.31. The summed E-state index contributed by atoms with van der Waals surface area (Å²) < 4.78 is 1.95. The third kappa shape index (κ3) is 3.83. The second-order valence-electron chi connectivity index (χ2n) is 8.87. The van der Waals surface area contributed by atoms with Crippen LogP contribution < -0.4 is 9.80 Å². The van der Waals surface area contributed by atoms with Gasteiger partial charge in [0.1, 0.15) is 17.8 Å². The first-order valence-corrected chi connectivity index (χ1v) is 11.2. The Morgan fingerprint density at radius 1 is 1.15 bits per heavy atom. The number of rotatable bonds is 5. The van der Waals surface area contributed by atoms with Crippen molar-refractivity contribution in [3.63, 3.8) is 0 Å². The number of carboxylic acid groups (broad SMARTS) is 1. The number of nitrogens with zero attached hydrogens (tertiary/aromatic N) is 6. The smallest absolute Gasteiger partial charge is 0.306 e. The minimum Gasteiger partial charge on any atom is -0.481 e. The van der Waals surface area contributed by atoms with E-state index in [-0.39, 0.29) is 17.9 Å². The van der Waals surface area contributed by atoms with Crippen molar-refractivity contribution in [2.75, 3.05) is 22.9 Å². The quantitative estimate of drug-likeness (QED) is 0.641. The maximum atomic E-state index is 13.3. The monoisotopic (exact) mass is 446 g/mol. The number of amides is 1. The van der Waals surface area contributed by atoms with Gasteiger partial charge in [0.25, 0.3) is 5.91 Å². The molecular formula is C24H26N6O3. The lowest BCUT2D eigenvalue weighted by Gasteiger charge is -2.32. The summed E-state index contributed by atoms with van der Waals surface area (Å²) >= 11 is 0. The molecule has 33 heavy (non-hydrogen) atoms. The predicted octanol–water partition coefficient (Wildman–Crippen LogP) is 3.38. The topological polar surface area (TPSA) is 104 Å². The number of aromatic nitrogens is 4. The molecule has 0 saturated carbocycles. The largest absolute Gasteiger partial charge is 0.481 e. The first-order valence-electron chi connectivity index (χ1n) is 11.2. The fraction of sp³-hybridized carbons (Fsp3) is 0.375. The second kappa shape index (κ2) is 8.31. The van der Waals surface area contributed by atoms with Crippen LogP contribution in [0.4, 0.5) is 11.5 Å². The third-order valence-electron chi connectivity index (χ3n) is 6.48. The highest BCUT2D eigenvalue weighted by atomic mass is 16.4. The van der Waals surface area contributed by atoms with E-state index in [1.807, 2.05) is 41.0 Å². The Labute approximate surface area is 191 Å². The third-order valence-corrected chi connectivity index (χ3v) is 6.48. The number of aliphatic carboxylic acids is 1. The van der Waals surface area contributed by atoms with Crippen molar-refractivity contribution in [3.05, 3.63) is 53.9 Å². The zero-order valence-electron chi connectivity index (χ0n) is 18.7. The molecule has 1 aromatic carbocycles. The summed E-state index contributed by atoms with van der Waals surface area (Å²) in [4.78, 5) is 33.1. The van der Waals surface area contributed by atoms with Crippen LogP contribution in [0.25, 0.3) is 11.5 Å². The molecule has 170 valence electrons. The predicted molar refractivity (Wildman–Crippen MR) is 123 cm³/mol. The van der Waals surface area contributed by atoms with Crippen LogP contribution in [0.5, 0.6) is 0 Å². The van der Waals surface area contributed by atoms with Gasteiger partial charge in [-0.25, -0.2) is 4.98 Å². The summed E-state index contributed by atoms with van der Waals surface area (Å²) in [6, 6.07) is 11.7. The molecule has 1 fully saturated rings.